The van der Waals surface area contributed by atoms with Crippen LogP contribution in [0.4, 0.5) is 13.2 Å². The Kier molecular flexibility index (Phi) is 5.70. The van der Waals surface area contributed by atoms with Crippen molar-refractivity contribution in [2.24, 2.45) is 0 Å². The molecule has 0 fully saturated rings. The monoisotopic (exact) mass is 410 g/mol. The zero-order chi connectivity index (χ0) is 14.2. The van der Waals surface area contributed by atoms with E-state index in [1.165, 1.54) is 24.3 Å². The van der Waals surface area contributed by atoms with Gasteiger partial charge in [0.25, 0.3) is 0 Å². The minimum absolute atomic E-state index is 0. The lowest BCUT2D eigenvalue weighted by Gasteiger charge is -2.19. The SMILES string of the molecule is CC(C)(C)c1ccc(OS(=O)(=O)C(F)(F)F)cc1.I. The maximum Gasteiger partial charge on any atom is 0.534 e. The molecule has 1 aromatic rings. The standard InChI is InChI=1S/C11H13F3O3S.HI/c1-10(2,3)8-4-6-9(7-5-8)17-18(15,16)11(12,13)14;/h4-7H,1-3H3;1H. The minimum Gasteiger partial charge on any atom is -0.376 e. The first-order chi connectivity index (χ1) is 7.93. The van der Waals surface area contributed by atoms with Gasteiger partial charge in [0.1, 0.15) is 5.75 Å². The quantitative estimate of drug-likeness (QED) is 0.423. The lowest BCUT2D eigenvalue weighted by molar-refractivity contribution is -0.0500. The molecule has 0 amide bonds. The van der Waals surface area contributed by atoms with Crippen LogP contribution in [-0.2, 0) is 15.5 Å². The van der Waals surface area contributed by atoms with Gasteiger partial charge in [0.05, 0.1) is 0 Å². The van der Waals surface area contributed by atoms with Gasteiger partial charge < -0.3 is 4.18 Å². The molecule has 0 spiro atoms. The number of rotatable bonds is 2. The molecule has 0 saturated carbocycles. The highest BCUT2D eigenvalue weighted by Gasteiger charge is 2.48. The summed E-state index contributed by atoms with van der Waals surface area (Å²) < 4.78 is 61.7. The van der Waals surface area contributed by atoms with Crippen LogP contribution in [0.5, 0.6) is 5.75 Å². The average molecular weight is 410 g/mol. The van der Waals surface area contributed by atoms with Crippen LogP contribution in [0.2, 0.25) is 0 Å². The molecule has 0 aromatic heterocycles. The highest BCUT2D eigenvalue weighted by Crippen LogP contribution is 2.29. The highest BCUT2D eigenvalue weighted by atomic mass is 127. The lowest BCUT2D eigenvalue weighted by Crippen LogP contribution is -2.28. The summed E-state index contributed by atoms with van der Waals surface area (Å²) in [5.41, 5.74) is -4.74. The fourth-order valence-corrected chi connectivity index (χ4v) is 1.64. The van der Waals surface area contributed by atoms with Crippen molar-refractivity contribution in [3.8, 4) is 5.75 Å². The molecule has 1 aromatic carbocycles. The molecule has 0 aliphatic rings. The fraction of sp³-hybridized carbons (Fsp3) is 0.455. The van der Waals surface area contributed by atoms with Crippen LogP contribution in [0, 0.1) is 0 Å². The van der Waals surface area contributed by atoms with Gasteiger partial charge in [-0.25, -0.2) is 0 Å². The first-order valence-corrected chi connectivity index (χ1v) is 6.45. The molecule has 19 heavy (non-hydrogen) atoms. The Labute approximate surface area is 127 Å². The van der Waals surface area contributed by atoms with Crippen molar-refractivity contribution in [1.29, 1.82) is 0 Å². The predicted molar refractivity (Wildman–Crippen MR) is 76.2 cm³/mol. The molecule has 0 unspecified atom stereocenters. The predicted octanol–water partition coefficient (Wildman–Crippen LogP) is 3.83. The third kappa shape index (κ3) is 4.83. The second kappa shape index (κ2) is 5.86. The van der Waals surface area contributed by atoms with Crippen LogP contribution in [0.15, 0.2) is 24.3 Å². The molecule has 110 valence electrons. The van der Waals surface area contributed by atoms with Crippen LogP contribution >= 0.6 is 24.0 Å². The van der Waals surface area contributed by atoms with Crippen molar-refractivity contribution < 1.29 is 25.8 Å². The van der Waals surface area contributed by atoms with Gasteiger partial charge in [0, 0.05) is 0 Å². The Morgan fingerprint density at radius 1 is 1.00 bits per heavy atom. The van der Waals surface area contributed by atoms with E-state index < -0.39 is 15.6 Å². The highest BCUT2D eigenvalue weighted by molar-refractivity contribution is 14.0. The largest absolute Gasteiger partial charge is 0.534 e. The Morgan fingerprint density at radius 3 is 1.74 bits per heavy atom. The van der Waals surface area contributed by atoms with Crippen LogP contribution < -0.4 is 4.18 Å². The smallest absolute Gasteiger partial charge is 0.376 e. The molecular weight excluding hydrogens is 396 g/mol. The Balaban J connectivity index is 0.00000324. The molecule has 0 atom stereocenters. The molecule has 3 nitrogen and oxygen atoms in total. The number of alkyl halides is 3. The maximum absolute atomic E-state index is 12.1. The van der Waals surface area contributed by atoms with Crippen molar-refractivity contribution in [2.45, 2.75) is 31.7 Å². The normalized spacial score (nSPS) is 12.7. The second-order valence-electron chi connectivity index (χ2n) is 4.76. The summed E-state index contributed by atoms with van der Waals surface area (Å²) >= 11 is 0. The summed E-state index contributed by atoms with van der Waals surface area (Å²) in [6.45, 7) is 5.78. The van der Waals surface area contributed by atoms with Crippen molar-refractivity contribution in [3.05, 3.63) is 29.8 Å². The van der Waals surface area contributed by atoms with Crippen molar-refractivity contribution in [1.82, 2.24) is 0 Å². The van der Waals surface area contributed by atoms with Crippen LogP contribution in [0.25, 0.3) is 0 Å². The number of halogens is 4. The van der Waals surface area contributed by atoms with Crippen LogP contribution in [0.1, 0.15) is 26.3 Å². The van der Waals surface area contributed by atoms with E-state index in [1.807, 2.05) is 20.8 Å². The molecular formula is C11H14F3IO3S. The molecule has 0 saturated heterocycles. The zero-order valence-electron chi connectivity index (χ0n) is 10.5. The van der Waals surface area contributed by atoms with E-state index in [1.54, 1.807) is 0 Å². The number of hydrogen-bond donors (Lipinski definition) is 0. The van der Waals surface area contributed by atoms with E-state index in [-0.39, 0.29) is 35.1 Å². The maximum atomic E-state index is 12.1. The summed E-state index contributed by atoms with van der Waals surface area (Å²) in [5.74, 6) is -0.361. The van der Waals surface area contributed by atoms with Gasteiger partial charge in [0.15, 0.2) is 0 Å². The fourth-order valence-electron chi connectivity index (χ4n) is 1.18. The molecule has 0 heterocycles. The Bertz CT molecular complexity index is 516. The third-order valence-corrected chi connectivity index (χ3v) is 3.19. The first-order valence-electron chi connectivity index (χ1n) is 5.05. The topological polar surface area (TPSA) is 43.4 Å². The van der Waals surface area contributed by atoms with Gasteiger partial charge in [-0.2, -0.15) is 21.6 Å². The molecule has 0 aliphatic carbocycles. The molecule has 0 N–H and O–H groups in total. The van der Waals surface area contributed by atoms with Crippen LogP contribution in [-0.4, -0.2) is 13.9 Å². The van der Waals surface area contributed by atoms with Crippen LogP contribution in [0.3, 0.4) is 0 Å². The molecule has 0 aliphatic heterocycles. The van der Waals surface area contributed by atoms with Gasteiger partial charge in [-0.3, -0.25) is 0 Å². The summed E-state index contributed by atoms with van der Waals surface area (Å²) in [4.78, 5) is 0. The summed E-state index contributed by atoms with van der Waals surface area (Å²) in [7, 11) is -5.60. The molecule has 8 heteroatoms. The van der Waals surface area contributed by atoms with Crippen molar-refractivity contribution in [2.75, 3.05) is 0 Å². The molecule has 0 radical (unpaired) electrons. The summed E-state index contributed by atoms with van der Waals surface area (Å²) in [5, 5.41) is 0. The van der Waals surface area contributed by atoms with Crippen molar-refractivity contribution in [3.63, 3.8) is 0 Å². The second-order valence-corrected chi connectivity index (χ2v) is 6.30. The van der Waals surface area contributed by atoms with E-state index in [4.69, 9.17) is 0 Å². The van der Waals surface area contributed by atoms with E-state index >= 15 is 0 Å². The van der Waals surface area contributed by atoms with E-state index in [2.05, 4.69) is 4.18 Å². The lowest BCUT2D eigenvalue weighted by atomic mass is 9.87. The van der Waals surface area contributed by atoms with Gasteiger partial charge in [-0.15, -0.1) is 24.0 Å². The molecule has 1 rings (SSSR count). The third-order valence-electron chi connectivity index (χ3n) is 2.21. The summed E-state index contributed by atoms with van der Waals surface area (Å²) in [6, 6.07) is 5.45. The first kappa shape index (κ1) is 18.5. The van der Waals surface area contributed by atoms with Crippen molar-refractivity contribution >= 4 is 34.1 Å². The Morgan fingerprint density at radius 2 is 1.42 bits per heavy atom. The van der Waals surface area contributed by atoms with Gasteiger partial charge >= 0.3 is 15.6 Å². The summed E-state index contributed by atoms with van der Waals surface area (Å²) in [6.07, 6.45) is 0. The van der Waals surface area contributed by atoms with E-state index in [0.717, 1.165) is 5.56 Å². The van der Waals surface area contributed by atoms with Gasteiger partial charge in [-0.1, -0.05) is 32.9 Å². The number of hydrogen-bond acceptors (Lipinski definition) is 3. The van der Waals surface area contributed by atoms with E-state index in [9.17, 15) is 21.6 Å². The van der Waals surface area contributed by atoms with Gasteiger partial charge in [-0.05, 0) is 23.1 Å². The number of benzene rings is 1. The van der Waals surface area contributed by atoms with E-state index in [0.29, 0.717) is 0 Å². The average Bonchev–Trinajstić information content (AvgIpc) is 2.14. The van der Waals surface area contributed by atoms with Gasteiger partial charge in [0.2, 0.25) is 0 Å². The minimum atomic E-state index is -5.60. The molecule has 0 bridgehead atoms. The Hall–Kier alpha value is -0.510. The zero-order valence-corrected chi connectivity index (χ0v) is 13.6.